The van der Waals surface area contributed by atoms with Gasteiger partial charge in [-0.05, 0) is 18.2 Å². The lowest BCUT2D eigenvalue weighted by molar-refractivity contribution is -0.129. The number of ketones is 1. The zero-order valence-electron chi connectivity index (χ0n) is 9.80. The number of nitrogens with zero attached hydrogens (tertiary/aromatic N) is 1. The van der Waals surface area contributed by atoms with Crippen LogP contribution < -0.4 is 0 Å². The predicted octanol–water partition coefficient (Wildman–Crippen LogP) is 1.15. The van der Waals surface area contributed by atoms with Crippen molar-refractivity contribution in [2.75, 3.05) is 13.6 Å². The molecule has 0 saturated heterocycles. The summed E-state index contributed by atoms with van der Waals surface area (Å²) >= 11 is 0. The first-order valence-corrected chi connectivity index (χ1v) is 5.24. The van der Waals surface area contributed by atoms with E-state index in [-0.39, 0.29) is 35.3 Å². The lowest BCUT2D eigenvalue weighted by atomic mass is 10.1. The maximum absolute atomic E-state index is 11.8. The molecule has 0 unspecified atom stereocenters. The maximum atomic E-state index is 11.8. The smallest absolute Gasteiger partial charge is 0.222 e. The summed E-state index contributed by atoms with van der Waals surface area (Å²) in [4.78, 5) is 24.4. The molecule has 1 aromatic carbocycles. The fourth-order valence-corrected chi connectivity index (χ4v) is 1.36. The largest absolute Gasteiger partial charge is 0.504 e. The van der Waals surface area contributed by atoms with Crippen molar-refractivity contribution in [1.82, 2.24) is 4.90 Å². The number of carbonyl (C=O) groups is 2. The maximum Gasteiger partial charge on any atom is 0.222 e. The number of hydrogen-bond donors (Lipinski definition) is 2. The highest BCUT2D eigenvalue weighted by atomic mass is 16.3. The molecule has 92 valence electrons. The third-order valence-corrected chi connectivity index (χ3v) is 2.41. The van der Waals surface area contributed by atoms with Crippen LogP contribution in [-0.2, 0) is 4.79 Å². The van der Waals surface area contributed by atoms with Crippen molar-refractivity contribution in [3.8, 4) is 11.5 Å². The summed E-state index contributed by atoms with van der Waals surface area (Å²) in [6.07, 6.45) is 0.338. The Kier molecular flexibility index (Phi) is 4.09. The van der Waals surface area contributed by atoms with E-state index in [1.165, 1.54) is 23.1 Å². The van der Waals surface area contributed by atoms with Crippen LogP contribution in [0.2, 0.25) is 0 Å². The number of amides is 1. The molecule has 1 amide bonds. The molecule has 5 nitrogen and oxygen atoms in total. The molecule has 0 atom stereocenters. The number of aromatic hydroxyl groups is 2. The van der Waals surface area contributed by atoms with Crippen LogP contribution in [0.1, 0.15) is 23.7 Å². The minimum absolute atomic E-state index is 0.0448. The van der Waals surface area contributed by atoms with Gasteiger partial charge in [-0.25, -0.2) is 0 Å². The number of benzene rings is 1. The summed E-state index contributed by atoms with van der Waals surface area (Å²) in [7, 11) is 1.55. The van der Waals surface area contributed by atoms with E-state index in [1.54, 1.807) is 14.0 Å². The van der Waals surface area contributed by atoms with Crippen molar-refractivity contribution in [2.45, 2.75) is 13.3 Å². The number of phenols is 2. The molecule has 2 N–H and O–H groups in total. The van der Waals surface area contributed by atoms with E-state index in [4.69, 9.17) is 5.11 Å². The molecule has 0 aromatic heterocycles. The molecule has 17 heavy (non-hydrogen) atoms. The zero-order chi connectivity index (χ0) is 13.0. The van der Waals surface area contributed by atoms with Crippen LogP contribution in [0.25, 0.3) is 0 Å². The number of carbonyl (C=O) groups excluding carboxylic acids is 2. The van der Waals surface area contributed by atoms with E-state index < -0.39 is 0 Å². The van der Waals surface area contributed by atoms with Gasteiger partial charge >= 0.3 is 0 Å². The molecular formula is C12H15NO4. The third-order valence-electron chi connectivity index (χ3n) is 2.41. The zero-order valence-corrected chi connectivity index (χ0v) is 9.80. The molecular weight excluding hydrogens is 222 g/mol. The Morgan fingerprint density at radius 3 is 2.41 bits per heavy atom. The molecule has 0 radical (unpaired) electrons. The van der Waals surface area contributed by atoms with E-state index in [1.807, 2.05) is 0 Å². The second kappa shape index (κ2) is 5.34. The van der Waals surface area contributed by atoms with Crippen LogP contribution in [-0.4, -0.2) is 40.4 Å². The first-order chi connectivity index (χ1) is 7.95. The van der Waals surface area contributed by atoms with Gasteiger partial charge < -0.3 is 15.1 Å². The Bertz CT molecular complexity index is 442. The van der Waals surface area contributed by atoms with Crippen molar-refractivity contribution in [1.29, 1.82) is 0 Å². The molecule has 0 fully saturated rings. The molecule has 1 aromatic rings. The van der Waals surface area contributed by atoms with Gasteiger partial charge in [0.15, 0.2) is 17.3 Å². The highest BCUT2D eigenvalue weighted by Crippen LogP contribution is 2.25. The van der Waals surface area contributed by atoms with E-state index >= 15 is 0 Å². The summed E-state index contributed by atoms with van der Waals surface area (Å²) in [6.45, 7) is 1.67. The normalized spacial score (nSPS) is 10.0. The van der Waals surface area contributed by atoms with E-state index in [0.717, 1.165) is 0 Å². The van der Waals surface area contributed by atoms with Crippen molar-refractivity contribution in [3.05, 3.63) is 23.8 Å². The average molecular weight is 237 g/mol. The minimum atomic E-state index is -0.347. The monoisotopic (exact) mass is 237 g/mol. The minimum Gasteiger partial charge on any atom is -0.504 e. The number of rotatable bonds is 4. The quantitative estimate of drug-likeness (QED) is 0.608. The molecule has 0 aliphatic heterocycles. The van der Waals surface area contributed by atoms with Crippen molar-refractivity contribution >= 4 is 11.7 Å². The van der Waals surface area contributed by atoms with Crippen molar-refractivity contribution in [2.24, 2.45) is 0 Å². The Morgan fingerprint density at radius 2 is 1.88 bits per heavy atom. The molecule has 0 spiro atoms. The van der Waals surface area contributed by atoms with E-state index in [0.29, 0.717) is 6.42 Å². The third kappa shape index (κ3) is 3.21. The highest BCUT2D eigenvalue weighted by molar-refractivity contribution is 5.99. The Hall–Kier alpha value is -2.04. The Morgan fingerprint density at radius 1 is 1.24 bits per heavy atom. The van der Waals surface area contributed by atoms with Gasteiger partial charge in [0.1, 0.15) is 0 Å². The van der Waals surface area contributed by atoms with E-state index in [9.17, 15) is 14.7 Å². The topological polar surface area (TPSA) is 77.8 Å². The van der Waals surface area contributed by atoms with Gasteiger partial charge in [-0.2, -0.15) is 0 Å². The van der Waals surface area contributed by atoms with Crippen LogP contribution in [0.3, 0.4) is 0 Å². The van der Waals surface area contributed by atoms with Gasteiger partial charge in [0, 0.05) is 19.0 Å². The Balaban J connectivity index is 2.76. The summed E-state index contributed by atoms with van der Waals surface area (Å²) in [6, 6.07) is 3.83. The van der Waals surface area contributed by atoms with Gasteiger partial charge in [0.25, 0.3) is 0 Å². The second-order valence-electron chi connectivity index (χ2n) is 3.73. The van der Waals surface area contributed by atoms with Gasteiger partial charge in [-0.15, -0.1) is 0 Å². The van der Waals surface area contributed by atoms with Gasteiger partial charge in [0.2, 0.25) is 5.91 Å². The molecule has 0 heterocycles. The van der Waals surface area contributed by atoms with Crippen LogP contribution in [0.4, 0.5) is 0 Å². The van der Waals surface area contributed by atoms with Crippen LogP contribution in [0, 0.1) is 0 Å². The van der Waals surface area contributed by atoms with E-state index in [2.05, 4.69) is 0 Å². The summed E-state index contributed by atoms with van der Waals surface area (Å²) < 4.78 is 0. The number of phenolic OH excluding ortho intramolecular Hbond substituents is 2. The summed E-state index contributed by atoms with van der Waals surface area (Å²) in [5.74, 6) is -1.04. The second-order valence-corrected chi connectivity index (χ2v) is 3.73. The van der Waals surface area contributed by atoms with Crippen LogP contribution >= 0.6 is 0 Å². The molecule has 0 saturated carbocycles. The van der Waals surface area contributed by atoms with Crippen molar-refractivity contribution in [3.63, 3.8) is 0 Å². The van der Waals surface area contributed by atoms with Crippen LogP contribution in [0.15, 0.2) is 18.2 Å². The van der Waals surface area contributed by atoms with Crippen molar-refractivity contribution < 1.29 is 19.8 Å². The standard InChI is InChI=1S/C12H15NO4/c1-3-12(17)13(2)7-11(16)8-4-5-9(14)10(15)6-8/h4-6,14-15H,3,7H2,1-2H3. The van der Waals surface area contributed by atoms with Gasteiger partial charge in [-0.3, -0.25) is 9.59 Å². The fraction of sp³-hybridized carbons (Fsp3) is 0.333. The molecule has 1 rings (SSSR count). The molecule has 0 bridgehead atoms. The summed E-state index contributed by atoms with van der Waals surface area (Å²) in [5, 5.41) is 18.4. The first kappa shape index (κ1) is 13.0. The lowest BCUT2D eigenvalue weighted by Gasteiger charge is -2.15. The lowest BCUT2D eigenvalue weighted by Crippen LogP contribution is -2.31. The average Bonchev–Trinajstić information content (AvgIpc) is 2.31. The number of Topliss-reactive ketones (excluding diaryl/α,β-unsaturated/α-hetero) is 1. The fourth-order valence-electron chi connectivity index (χ4n) is 1.36. The number of hydrogen-bond acceptors (Lipinski definition) is 4. The molecule has 0 aliphatic rings. The SMILES string of the molecule is CCC(=O)N(C)CC(=O)c1ccc(O)c(O)c1. The highest BCUT2D eigenvalue weighted by Gasteiger charge is 2.14. The molecule has 0 aliphatic carbocycles. The number of likely N-dealkylation sites (N-methyl/N-ethyl adjacent to an activating group) is 1. The summed E-state index contributed by atoms with van der Waals surface area (Å²) in [5.41, 5.74) is 0.260. The Labute approximate surface area is 99.3 Å². The molecule has 5 heteroatoms. The predicted molar refractivity (Wildman–Crippen MR) is 62.0 cm³/mol. The first-order valence-electron chi connectivity index (χ1n) is 5.24. The van der Waals surface area contributed by atoms with Gasteiger partial charge in [-0.1, -0.05) is 6.92 Å². The van der Waals surface area contributed by atoms with Crippen LogP contribution in [0.5, 0.6) is 11.5 Å². The van der Waals surface area contributed by atoms with Gasteiger partial charge in [0.05, 0.1) is 6.54 Å².